The maximum Gasteiger partial charge on any atom is 0.255 e. The number of aromatic nitrogens is 1. The highest BCUT2D eigenvalue weighted by Crippen LogP contribution is 2.20. The van der Waals surface area contributed by atoms with Crippen molar-refractivity contribution in [1.82, 2.24) is 4.98 Å². The van der Waals surface area contributed by atoms with Gasteiger partial charge in [0, 0.05) is 29.7 Å². The van der Waals surface area contributed by atoms with Crippen molar-refractivity contribution in [2.24, 2.45) is 0 Å². The molecule has 0 atom stereocenters. The molecule has 0 fully saturated rings. The number of nitrogens with zero attached hydrogens (tertiary/aromatic N) is 1. The second kappa shape index (κ2) is 5.27. The molecule has 0 bridgehead atoms. The molecule has 5 heteroatoms. The highest BCUT2D eigenvalue weighted by Gasteiger charge is 2.08. The number of carbonyl (C=O) groups excluding carboxylic acids is 1. The van der Waals surface area contributed by atoms with E-state index in [0.717, 1.165) is 0 Å². The molecule has 92 valence electrons. The molecule has 1 heterocycles. The summed E-state index contributed by atoms with van der Waals surface area (Å²) in [5, 5.41) is 2.59. The average molecular weight is 246 g/mol. The lowest BCUT2D eigenvalue weighted by molar-refractivity contribution is 0.102. The van der Waals surface area contributed by atoms with Gasteiger partial charge in [-0.3, -0.25) is 9.78 Å². The zero-order chi connectivity index (χ0) is 13.0. The third-order valence-corrected chi connectivity index (χ3v) is 2.35. The summed E-state index contributed by atoms with van der Waals surface area (Å²) in [6.45, 7) is 0. The first kappa shape index (κ1) is 12.0. The van der Waals surface area contributed by atoms with Crippen molar-refractivity contribution in [3.63, 3.8) is 0 Å². The van der Waals surface area contributed by atoms with Gasteiger partial charge < -0.3 is 10.1 Å². The van der Waals surface area contributed by atoms with Crippen molar-refractivity contribution in [2.45, 2.75) is 0 Å². The summed E-state index contributed by atoms with van der Waals surface area (Å²) < 4.78 is 18.2. The van der Waals surface area contributed by atoms with Crippen LogP contribution in [0.2, 0.25) is 0 Å². The van der Waals surface area contributed by atoms with E-state index in [-0.39, 0.29) is 11.7 Å². The average Bonchev–Trinajstić information content (AvgIpc) is 2.40. The first-order valence-electron chi connectivity index (χ1n) is 5.25. The Morgan fingerprint density at radius 2 is 2.00 bits per heavy atom. The molecule has 0 spiro atoms. The van der Waals surface area contributed by atoms with Crippen molar-refractivity contribution >= 4 is 11.6 Å². The Kier molecular flexibility index (Phi) is 3.52. The van der Waals surface area contributed by atoms with E-state index < -0.39 is 5.82 Å². The first-order chi connectivity index (χ1) is 8.70. The maximum absolute atomic E-state index is 13.4. The molecule has 2 rings (SSSR count). The molecule has 0 saturated carbocycles. The molecular formula is C13H11FN2O2. The highest BCUT2D eigenvalue weighted by molar-refractivity contribution is 6.04. The molecule has 0 saturated heterocycles. The molecule has 0 aliphatic carbocycles. The van der Waals surface area contributed by atoms with Gasteiger partial charge in [0.05, 0.1) is 7.11 Å². The topological polar surface area (TPSA) is 51.2 Å². The molecule has 18 heavy (non-hydrogen) atoms. The molecular weight excluding hydrogens is 235 g/mol. The molecule has 0 radical (unpaired) electrons. The molecule has 4 nitrogen and oxygen atoms in total. The number of pyridine rings is 1. The van der Waals surface area contributed by atoms with Gasteiger partial charge in [0.15, 0.2) is 11.6 Å². The molecule has 0 unspecified atom stereocenters. The van der Waals surface area contributed by atoms with Crippen LogP contribution in [0.1, 0.15) is 10.4 Å². The summed E-state index contributed by atoms with van der Waals surface area (Å²) in [6.07, 6.45) is 3.03. The minimum atomic E-state index is -0.523. The largest absolute Gasteiger partial charge is 0.494 e. The summed E-state index contributed by atoms with van der Waals surface area (Å²) in [4.78, 5) is 15.6. The number of hydrogen-bond acceptors (Lipinski definition) is 3. The zero-order valence-corrected chi connectivity index (χ0v) is 9.68. The van der Waals surface area contributed by atoms with E-state index in [9.17, 15) is 9.18 Å². The van der Waals surface area contributed by atoms with E-state index >= 15 is 0 Å². The number of ether oxygens (including phenoxy) is 1. The number of rotatable bonds is 3. The summed E-state index contributed by atoms with van der Waals surface area (Å²) in [7, 11) is 1.38. The SMILES string of the molecule is COc1ccc(NC(=O)c2ccncc2)cc1F. The number of halogens is 1. The summed E-state index contributed by atoms with van der Waals surface area (Å²) in [6, 6.07) is 7.39. The van der Waals surface area contributed by atoms with Crippen LogP contribution in [0.4, 0.5) is 10.1 Å². The number of nitrogens with one attached hydrogen (secondary N) is 1. The standard InChI is InChI=1S/C13H11FN2O2/c1-18-12-3-2-10(8-11(12)14)16-13(17)9-4-6-15-7-5-9/h2-8H,1H3,(H,16,17). The lowest BCUT2D eigenvalue weighted by atomic mass is 10.2. The lowest BCUT2D eigenvalue weighted by Gasteiger charge is -2.07. The van der Waals surface area contributed by atoms with E-state index in [1.807, 2.05) is 0 Å². The predicted octanol–water partition coefficient (Wildman–Crippen LogP) is 2.48. The molecule has 1 aromatic carbocycles. The number of amides is 1. The molecule has 1 amide bonds. The van der Waals surface area contributed by atoms with Gasteiger partial charge in [0.2, 0.25) is 0 Å². The Balaban J connectivity index is 2.15. The van der Waals surface area contributed by atoms with E-state index in [2.05, 4.69) is 10.3 Å². The van der Waals surface area contributed by atoms with Gasteiger partial charge in [0.1, 0.15) is 0 Å². The van der Waals surface area contributed by atoms with Crippen LogP contribution in [0.5, 0.6) is 5.75 Å². The molecule has 0 aliphatic rings. The third kappa shape index (κ3) is 2.63. The van der Waals surface area contributed by atoms with Crippen molar-refractivity contribution in [3.05, 3.63) is 54.1 Å². The van der Waals surface area contributed by atoms with Gasteiger partial charge in [-0.15, -0.1) is 0 Å². The van der Waals surface area contributed by atoms with E-state index in [4.69, 9.17) is 4.74 Å². The summed E-state index contributed by atoms with van der Waals surface area (Å²) >= 11 is 0. The van der Waals surface area contributed by atoms with Crippen LogP contribution >= 0.6 is 0 Å². The Morgan fingerprint density at radius 1 is 1.28 bits per heavy atom. The molecule has 1 N–H and O–H groups in total. The van der Waals surface area contributed by atoms with Crippen molar-refractivity contribution < 1.29 is 13.9 Å². The quantitative estimate of drug-likeness (QED) is 0.905. The second-order valence-electron chi connectivity index (χ2n) is 3.54. The number of carbonyl (C=O) groups is 1. The first-order valence-corrected chi connectivity index (χ1v) is 5.25. The minimum absolute atomic E-state index is 0.136. The fraction of sp³-hybridized carbons (Fsp3) is 0.0769. The van der Waals surface area contributed by atoms with E-state index in [1.54, 1.807) is 18.2 Å². The zero-order valence-electron chi connectivity index (χ0n) is 9.68. The minimum Gasteiger partial charge on any atom is -0.494 e. The molecule has 1 aromatic heterocycles. The second-order valence-corrected chi connectivity index (χ2v) is 3.54. The van der Waals surface area contributed by atoms with Gasteiger partial charge in [-0.1, -0.05) is 0 Å². The Hall–Kier alpha value is -2.43. The third-order valence-electron chi connectivity index (χ3n) is 2.35. The number of benzene rings is 1. The van der Waals surface area contributed by atoms with E-state index in [0.29, 0.717) is 11.3 Å². The van der Waals surface area contributed by atoms with Gasteiger partial charge in [-0.05, 0) is 24.3 Å². The van der Waals surface area contributed by atoms with Gasteiger partial charge in [-0.25, -0.2) is 4.39 Å². The van der Waals surface area contributed by atoms with Crippen LogP contribution in [-0.4, -0.2) is 18.0 Å². The van der Waals surface area contributed by atoms with Crippen molar-refractivity contribution in [3.8, 4) is 5.75 Å². The monoisotopic (exact) mass is 246 g/mol. The number of methoxy groups -OCH3 is 1. The maximum atomic E-state index is 13.4. The van der Waals surface area contributed by atoms with Crippen LogP contribution < -0.4 is 10.1 Å². The van der Waals surface area contributed by atoms with E-state index in [1.165, 1.54) is 31.6 Å². The Labute approximate surface area is 103 Å². The molecule has 0 aliphatic heterocycles. The van der Waals surface area contributed by atoms with Crippen LogP contribution in [-0.2, 0) is 0 Å². The van der Waals surface area contributed by atoms with Crippen LogP contribution in [0.3, 0.4) is 0 Å². The summed E-state index contributed by atoms with van der Waals surface area (Å²) in [5.74, 6) is -0.705. The number of hydrogen-bond donors (Lipinski definition) is 1. The smallest absolute Gasteiger partial charge is 0.255 e. The van der Waals surface area contributed by atoms with Crippen LogP contribution in [0.25, 0.3) is 0 Å². The highest BCUT2D eigenvalue weighted by atomic mass is 19.1. The fourth-order valence-electron chi connectivity index (χ4n) is 1.45. The lowest BCUT2D eigenvalue weighted by Crippen LogP contribution is -2.11. The van der Waals surface area contributed by atoms with Crippen LogP contribution in [0.15, 0.2) is 42.7 Å². The van der Waals surface area contributed by atoms with Crippen LogP contribution in [0, 0.1) is 5.82 Å². The van der Waals surface area contributed by atoms with Gasteiger partial charge >= 0.3 is 0 Å². The summed E-state index contributed by atoms with van der Waals surface area (Å²) in [5.41, 5.74) is 0.830. The number of anilines is 1. The van der Waals surface area contributed by atoms with Crippen molar-refractivity contribution in [2.75, 3.05) is 12.4 Å². The van der Waals surface area contributed by atoms with Gasteiger partial charge in [0.25, 0.3) is 5.91 Å². The fourth-order valence-corrected chi connectivity index (χ4v) is 1.45. The molecule has 2 aromatic rings. The predicted molar refractivity (Wildman–Crippen MR) is 65.1 cm³/mol. The van der Waals surface area contributed by atoms with Gasteiger partial charge in [-0.2, -0.15) is 0 Å². The normalized spacial score (nSPS) is 9.89. The Bertz CT molecular complexity index is 558. The van der Waals surface area contributed by atoms with Crippen molar-refractivity contribution in [1.29, 1.82) is 0 Å². The Morgan fingerprint density at radius 3 is 2.61 bits per heavy atom.